The number of carbonyl (C=O) groups is 1. The number of hydrogen-bond acceptors (Lipinski definition) is 8. The van der Waals surface area contributed by atoms with Crippen LogP contribution in [0.25, 0.3) is 6.08 Å². The predicted molar refractivity (Wildman–Crippen MR) is 162 cm³/mol. The molecule has 4 aromatic rings. The van der Waals surface area contributed by atoms with Crippen LogP contribution < -0.4 is 29.1 Å². The zero-order valence-corrected chi connectivity index (χ0v) is 25.1. The van der Waals surface area contributed by atoms with Crippen molar-refractivity contribution in [1.82, 2.24) is 4.57 Å². The van der Waals surface area contributed by atoms with Crippen LogP contribution >= 0.6 is 11.3 Å². The van der Waals surface area contributed by atoms with Gasteiger partial charge in [0.15, 0.2) is 16.3 Å². The van der Waals surface area contributed by atoms with Crippen molar-refractivity contribution in [3.8, 4) is 17.2 Å². The maximum atomic E-state index is 14.0. The number of halogens is 1. The molecule has 0 radical (unpaired) electrons. The first-order chi connectivity index (χ1) is 20.8. The number of hydrogen-bond donors (Lipinski definition) is 0. The van der Waals surface area contributed by atoms with Crippen LogP contribution in [-0.2, 0) is 16.1 Å². The van der Waals surface area contributed by atoms with Crippen molar-refractivity contribution >= 4 is 23.4 Å². The molecule has 0 saturated carbocycles. The highest BCUT2D eigenvalue weighted by Crippen LogP contribution is 2.40. The number of ether oxygens (including phenoxy) is 4. The van der Waals surface area contributed by atoms with Gasteiger partial charge in [0.1, 0.15) is 24.2 Å². The summed E-state index contributed by atoms with van der Waals surface area (Å²) in [6.45, 7) is 6.07. The van der Waals surface area contributed by atoms with Gasteiger partial charge in [-0.05, 0) is 68.3 Å². The number of thiazole rings is 1. The standard InChI is InChI=1S/C33H31FN2O6S/c1-5-40-30-25(11-8-12-26(30)39-4)29-28(32(38)41-6-2)20(3)35-33-36(29)31(37)27(43-33)18-21-13-15-24(16-14-21)42-19-22-9-7-10-23(34)17-22/h7-18,29H,5-6,19H2,1-4H3/t29-/m1/s1. The molecule has 10 heteroatoms. The van der Waals surface area contributed by atoms with E-state index >= 15 is 0 Å². The summed E-state index contributed by atoms with van der Waals surface area (Å²) in [5.41, 5.74) is 2.50. The molecule has 0 fully saturated rings. The van der Waals surface area contributed by atoms with E-state index < -0.39 is 12.0 Å². The highest BCUT2D eigenvalue weighted by atomic mass is 32.1. The molecule has 8 nitrogen and oxygen atoms in total. The normalized spacial score (nSPS) is 14.6. The number of carbonyl (C=O) groups excluding carboxylic acids is 1. The molecule has 1 aromatic heterocycles. The van der Waals surface area contributed by atoms with E-state index in [0.29, 0.717) is 44.4 Å². The number of para-hydroxylation sites is 1. The monoisotopic (exact) mass is 602 g/mol. The third-order valence-electron chi connectivity index (χ3n) is 6.80. The van der Waals surface area contributed by atoms with E-state index in [1.165, 1.54) is 35.1 Å². The van der Waals surface area contributed by atoms with Crippen LogP contribution in [0.2, 0.25) is 0 Å². The van der Waals surface area contributed by atoms with Crippen molar-refractivity contribution in [2.24, 2.45) is 4.99 Å². The van der Waals surface area contributed by atoms with Crippen LogP contribution in [-0.4, -0.2) is 30.9 Å². The van der Waals surface area contributed by atoms with Crippen LogP contribution in [0.3, 0.4) is 0 Å². The fourth-order valence-corrected chi connectivity index (χ4v) is 5.95. The fourth-order valence-electron chi connectivity index (χ4n) is 4.90. The van der Waals surface area contributed by atoms with Crippen LogP contribution in [0.15, 0.2) is 87.8 Å². The second-order valence-electron chi connectivity index (χ2n) is 9.60. The lowest BCUT2D eigenvalue weighted by atomic mass is 9.94. The van der Waals surface area contributed by atoms with Gasteiger partial charge < -0.3 is 18.9 Å². The molecule has 2 heterocycles. The van der Waals surface area contributed by atoms with Crippen molar-refractivity contribution in [3.05, 3.63) is 120 Å². The van der Waals surface area contributed by atoms with Gasteiger partial charge in [-0.1, -0.05) is 47.7 Å². The summed E-state index contributed by atoms with van der Waals surface area (Å²) in [6.07, 6.45) is 1.77. The molecule has 0 saturated heterocycles. The fraction of sp³-hybridized carbons (Fsp3) is 0.242. The second kappa shape index (κ2) is 13.1. The lowest BCUT2D eigenvalue weighted by molar-refractivity contribution is -0.139. The SMILES string of the molecule is CCOC(=O)C1=C(C)N=c2sc(=Cc3ccc(OCc4cccc(F)c4)cc3)c(=O)n2[C@@H]1c1cccc(OC)c1OCC. The van der Waals surface area contributed by atoms with E-state index in [9.17, 15) is 14.0 Å². The summed E-state index contributed by atoms with van der Waals surface area (Å²) in [6, 6.07) is 18.0. The quantitative estimate of drug-likeness (QED) is 0.240. The first-order valence-electron chi connectivity index (χ1n) is 13.8. The van der Waals surface area contributed by atoms with E-state index in [2.05, 4.69) is 4.99 Å². The summed E-state index contributed by atoms with van der Waals surface area (Å²) in [4.78, 5) is 32.4. The molecule has 0 bridgehead atoms. The minimum Gasteiger partial charge on any atom is -0.493 e. The third-order valence-corrected chi connectivity index (χ3v) is 7.78. The van der Waals surface area contributed by atoms with E-state index in [0.717, 1.165) is 11.1 Å². The van der Waals surface area contributed by atoms with Crippen molar-refractivity contribution < 1.29 is 28.1 Å². The Kier molecular flexibility index (Phi) is 9.06. The Morgan fingerprint density at radius 3 is 2.51 bits per heavy atom. The van der Waals surface area contributed by atoms with Gasteiger partial charge in [-0.15, -0.1) is 0 Å². The molecule has 43 heavy (non-hydrogen) atoms. The second-order valence-corrected chi connectivity index (χ2v) is 10.6. The average molecular weight is 603 g/mol. The van der Waals surface area contributed by atoms with Crippen LogP contribution in [0.5, 0.6) is 17.2 Å². The largest absolute Gasteiger partial charge is 0.493 e. The molecule has 3 aromatic carbocycles. The minimum atomic E-state index is -0.840. The van der Waals surface area contributed by atoms with E-state index in [4.69, 9.17) is 18.9 Å². The maximum absolute atomic E-state index is 14.0. The number of benzene rings is 3. The minimum absolute atomic E-state index is 0.172. The topological polar surface area (TPSA) is 88.4 Å². The van der Waals surface area contributed by atoms with E-state index in [-0.39, 0.29) is 30.2 Å². The summed E-state index contributed by atoms with van der Waals surface area (Å²) in [5, 5.41) is 0. The van der Waals surface area contributed by atoms with Gasteiger partial charge in [0, 0.05) is 5.56 Å². The number of fused-ring (bicyclic) bond motifs is 1. The molecule has 0 amide bonds. The van der Waals surface area contributed by atoms with Crippen molar-refractivity contribution in [2.45, 2.75) is 33.4 Å². The average Bonchev–Trinajstić information content (AvgIpc) is 3.30. The number of allylic oxidation sites excluding steroid dienone is 1. The first kappa shape index (κ1) is 29.8. The molecule has 1 atom stereocenters. The predicted octanol–water partition coefficient (Wildman–Crippen LogP) is 4.92. The van der Waals surface area contributed by atoms with Gasteiger partial charge in [-0.25, -0.2) is 14.2 Å². The smallest absolute Gasteiger partial charge is 0.338 e. The van der Waals surface area contributed by atoms with Crippen LogP contribution in [0.1, 0.15) is 43.5 Å². The lowest BCUT2D eigenvalue weighted by Crippen LogP contribution is -2.40. The summed E-state index contributed by atoms with van der Waals surface area (Å²) in [7, 11) is 1.54. The van der Waals surface area contributed by atoms with Crippen molar-refractivity contribution in [3.63, 3.8) is 0 Å². The molecule has 222 valence electrons. The Bertz CT molecular complexity index is 1860. The number of nitrogens with zero attached hydrogens (tertiary/aromatic N) is 2. The number of methoxy groups -OCH3 is 1. The Balaban J connectivity index is 1.56. The van der Waals surface area contributed by atoms with Gasteiger partial charge in [-0.3, -0.25) is 9.36 Å². The van der Waals surface area contributed by atoms with Gasteiger partial charge in [0.2, 0.25) is 0 Å². The molecule has 1 aliphatic heterocycles. The zero-order valence-electron chi connectivity index (χ0n) is 24.3. The van der Waals surface area contributed by atoms with Crippen LogP contribution in [0, 0.1) is 5.82 Å². The van der Waals surface area contributed by atoms with Gasteiger partial charge in [-0.2, -0.15) is 0 Å². The van der Waals surface area contributed by atoms with E-state index in [1.807, 2.05) is 25.1 Å². The van der Waals surface area contributed by atoms with Crippen molar-refractivity contribution in [1.29, 1.82) is 0 Å². The summed E-state index contributed by atoms with van der Waals surface area (Å²) < 4.78 is 38.2. The summed E-state index contributed by atoms with van der Waals surface area (Å²) in [5.74, 6) is 0.669. The van der Waals surface area contributed by atoms with Gasteiger partial charge in [0.25, 0.3) is 5.56 Å². The Morgan fingerprint density at radius 1 is 1.05 bits per heavy atom. The van der Waals surface area contributed by atoms with Gasteiger partial charge in [0.05, 0.1) is 36.1 Å². The zero-order chi connectivity index (χ0) is 30.5. The molecular formula is C33H31FN2O6S. The van der Waals surface area contributed by atoms with Crippen LogP contribution in [0.4, 0.5) is 4.39 Å². The Labute approximate surface area is 252 Å². The molecule has 0 N–H and O–H groups in total. The van der Waals surface area contributed by atoms with Crippen molar-refractivity contribution in [2.75, 3.05) is 20.3 Å². The molecule has 5 rings (SSSR count). The molecular weight excluding hydrogens is 571 g/mol. The van der Waals surface area contributed by atoms with Gasteiger partial charge >= 0.3 is 5.97 Å². The number of esters is 1. The highest BCUT2D eigenvalue weighted by molar-refractivity contribution is 7.07. The number of rotatable bonds is 10. The molecule has 0 aliphatic carbocycles. The first-order valence-corrected chi connectivity index (χ1v) is 14.6. The number of aromatic nitrogens is 1. The summed E-state index contributed by atoms with van der Waals surface area (Å²) >= 11 is 1.23. The molecule has 0 unspecified atom stereocenters. The third kappa shape index (κ3) is 6.24. The Morgan fingerprint density at radius 2 is 1.81 bits per heavy atom. The molecule has 0 spiro atoms. The maximum Gasteiger partial charge on any atom is 0.338 e. The molecule has 1 aliphatic rings. The Hall–Kier alpha value is -4.70. The lowest BCUT2D eigenvalue weighted by Gasteiger charge is -2.26. The van der Waals surface area contributed by atoms with E-state index in [1.54, 1.807) is 56.3 Å². The highest BCUT2D eigenvalue weighted by Gasteiger charge is 2.36.